The summed E-state index contributed by atoms with van der Waals surface area (Å²) < 4.78 is 0. The van der Waals surface area contributed by atoms with Crippen LogP contribution < -0.4 is 0 Å². The average Bonchev–Trinajstić information content (AvgIpc) is 3.24. The topological polar surface area (TPSA) is 44.8 Å². The summed E-state index contributed by atoms with van der Waals surface area (Å²) in [5, 5.41) is 10.9. The lowest BCUT2D eigenvalue weighted by molar-refractivity contribution is 0.112. The second-order valence-corrected chi connectivity index (χ2v) is 8.54. The molecule has 1 aliphatic heterocycles. The van der Waals surface area contributed by atoms with Crippen molar-refractivity contribution in [1.29, 1.82) is 0 Å². The molecule has 0 spiro atoms. The lowest BCUT2D eigenvalue weighted by Gasteiger charge is -2.45. The maximum atomic E-state index is 4.24. The van der Waals surface area contributed by atoms with E-state index in [2.05, 4.69) is 89.6 Å². The number of hydrogen-bond acceptors (Lipinski definition) is 3. The summed E-state index contributed by atoms with van der Waals surface area (Å²) >= 11 is 0. The first-order valence-electron chi connectivity index (χ1n) is 10.3. The van der Waals surface area contributed by atoms with Crippen LogP contribution in [0.25, 0.3) is 11.3 Å². The van der Waals surface area contributed by atoms with E-state index in [0.29, 0.717) is 5.92 Å². The van der Waals surface area contributed by atoms with Crippen molar-refractivity contribution in [2.24, 2.45) is 5.92 Å². The van der Waals surface area contributed by atoms with Gasteiger partial charge in [-0.2, -0.15) is 15.4 Å². The van der Waals surface area contributed by atoms with E-state index in [1.54, 1.807) is 6.20 Å². The van der Waals surface area contributed by atoms with E-state index in [1.165, 1.54) is 23.1 Å². The first kappa shape index (κ1) is 18.9. The van der Waals surface area contributed by atoms with Crippen LogP contribution in [-0.2, 0) is 11.8 Å². The van der Waals surface area contributed by atoms with Crippen LogP contribution in [-0.4, -0.2) is 39.9 Å². The summed E-state index contributed by atoms with van der Waals surface area (Å²) in [7, 11) is 0. The number of benzene rings is 2. The monoisotopic (exact) mass is 374 g/mol. The van der Waals surface area contributed by atoms with Crippen molar-refractivity contribution in [2.45, 2.75) is 39.0 Å². The highest BCUT2D eigenvalue weighted by Crippen LogP contribution is 2.40. The molecule has 0 aliphatic carbocycles. The fraction of sp³-hybridized carbons (Fsp3) is 0.417. The van der Waals surface area contributed by atoms with Gasteiger partial charge in [-0.25, -0.2) is 0 Å². The van der Waals surface area contributed by atoms with Crippen LogP contribution >= 0.6 is 0 Å². The molecule has 0 amide bonds. The summed E-state index contributed by atoms with van der Waals surface area (Å²) in [6, 6.07) is 17.8. The summed E-state index contributed by atoms with van der Waals surface area (Å²) in [6.45, 7) is 10.4. The van der Waals surface area contributed by atoms with Gasteiger partial charge in [0, 0.05) is 18.7 Å². The van der Waals surface area contributed by atoms with Gasteiger partial charge in [-0.05, 0) is 54.8 Å². The molecule has 4 rings (SSSR count). The molecule has 1 aliphatic rings. The van der Waals surface area contributed by atoms with E-state index in [9.17, 15) is 0 Å². The maximum absolute atomic E-state index is 4.24. The fourth-order valence-corrected chi connectivity index (χ4v) is 4.48. The van der Waals surface area contributed by atoms with E-state index >= 15 is 0 Å². The number of aryl methyl sites for hydroxylation is 1. The Labute approximate surface area is 168 Å². The van der Waals surface area contributed by atoms with Crippen molar-refractivity contribution >= 4 is 0 Å². The molecule has 28 heavy (non-hydrogen) atoms. The van der Waals surface area contributed by atoms with Crippen LogP contribution in [0.1, 0.15) is 37.0 Å². The Balaban J connectivity index is 1.44. The fourth-order valence-electron chi connectivity index (χ4n) is 4.48. The number of nitrogens with zero attached hydrogens (tertiary/aromatic N) is 3. The molecular formula is C24H30N4. The lowest BCUT2D eigenvalue weighted by Crippen LogP contribution is -2.47. The lowest BCUT2D eigenvalue weighted by atomic mass is 9.67. The summed E-state index contributed by atoms with van der Waals surface area (Å²) in [6.07, 6.45) is 4.11. The number of hydrogen-bond donors (Lipinski definition) is 1. The summed E-state index contributed by atoms with van der Waals surface area (Å²) in [5.74, 6) is 0.603. The highest BCUT2D eigenvalue weighted by atomic mass is 15.3. The molecule has 1 N–H and O–H groups in total. The number of nitrogens with one attached hydrogen (secondary N) is 1. The molecule has 2 heterocycles. The second-order valence-electron chi connectivity index (χ2n) is 8.54. The molecule has 4 heteroatoms. The number of piperidine rings is 1. The Hall–Kier alpha value is -2.46. The van der Waals surface area contributed by atoms with Crippen LogP contribution in [0.3, 0.4) is 0 Å². The minimum Gasteiger partial charge on any atom is -0.303 e. The van der Waals surface area contributed by atoms with Crippen LogP contribution in [0.4, 0.5) is 0 Å². The number of aromatic amines is 1. The van der Waals surface area contributed by atoms with E-state index in [-0.39, 0.29) is 5.41 Å². The number of likely N-dealkylation sites (tertiary alicyclic amines) is 1. The quantitative estimate of drug-likeness (QED) is 0.709. The number of aromatic nitrogens is 3. The van der Waals surface area contributed by atoms with Gasteiger partial charge in [-0.15, -0.1) is 0 Å². The van der Waals surface area contributed by atoms with Crippen molar-refractivity contribution < 1.29 is 0 Å². The van der Waals surface area contributed by atoms with Crippen molar-refractivity contribution in [3.05, 3.63) is 71.4 Å². The highest BCUT2D eigenvalue weighted by Gasteiger charge is 2.37. The third kappa shape index (κ3) is 3.88. The molecule has 2 aromatic carbocycles. The predicted octanol–water partition coefficient (Wildman–Crippen LogP) is 4.62. The normalized spacial score (nSPS) is 23.0. The molecule has 2 atom stereocenters. The molecule has 0 bridgehead atoms. The SMILES string of the molecule is Cc1cccc(CCN2CCC(C)(c3cccc(-c4cn[nH]n4)c3)C(C)C2)c1. The molecule has 146 valence electrons. The van der Waals surface area contributed by atoms with E-state index in [1.807, 2.05) is 0 Å². The maximum Gasteiger partial charge on any atom is 0.112 e. The van der Waals surface area contributed by atoms with Gasteiger partial charge in [-0.3, -0.25) is 0 Å². The molecule has 0 radical (unpaired) electrons. The molecule has 1 fully saturated rings. The van der Waals surface area contributed by atoms with Gasteiger partial charge in [0.2, 0.25) is 0 Å². The van der Waals surface area contributed by atoms with Crippen LogP contribution in [0, 0.1) is 12.8 Å². The summed E-state index contributed by atoms with van der Waals surface area (Å²) in [4.78, 5) is 2.64. The minimum absolute atomic E-state index is 0.194. The van der Waals surface area contributed by atoms with Crippen LogP contribution in [0.15, 0.2) is 54.7 Å². The second kappa shape index (κ2) is 7.88. The van der Waals surface area contributed by atoms with Crippen molar-refractivity contribution in [1.82, 2.24) is 20.3 Å². The Bertz CT molecular complexity index is 918. The molecular weight excluding hydrogens is 344 g/mol. The van der Waals surface area contributed by atoms with Gasteiger partial charge in [0.05, 0.1) is 6.20 Å². The third-order valence-corrected chi connectivity index (χ3v) is 6.60. The van der Waals surface area contributed by atoms with Crippen molar-refractivity contribution in [3.63, 3.8) is 0 Å². The molecule has 1 aromatic heterocycles. The Morgan fingerprint density at radius 1 is 1.18 bits per heavy atom. The van der Waals surface area contributed by atoms with Crippen molar-refractivity contribution in [3.8, 4) is 11.3 Å². The minimum atomic E-state index is 0.194. The van der Waals surface area contributed by atoms with E-state index in [4.69, 9.17) is 0 Å². The Kier molecular flexibility index (Phi) is 5.31. The predicted molar refractivity (Wildman–Crippen MR) is 114 cm³/mol. The number of rotatable bonds is 5. The van der Waals surface area contributed by atoms with E-state index in [0.717, 1.165) is 37.3 Å². The van der Waals surface area contributed by atoms with Crippen molar-refractivity contribution in [2.75, 3.05) is 19.6 Å². The molecule has 4 nitrogen and oxygen atoms in total. The molecule has 2 unspecified atom stereocenters. The first-order chi connectivity index (χ1) is 13.5. The van der Waals surface area contributed by atoms with Gasteiger partial charge >= 0.3 is 0 Å². The highest BCUT2D eigenvalue weighted by molar-refractivity contribution is 5.59. The summed E-state index contributed by atoms with van der Waals surface area (Å²) in [5.41, 5.74) is 6.46. The van der Waals surface area contributed by atoms with Gasteiger partial charge in [-0.1, -0.05) is 61.9 Å². The zero-order chi connectivity index (χ0) is 19.6. The standard InChI is InChI=1S/C24H30N4/c1-18-6-4-7-20(14-18)10-12-28-13-11-24(3,19(2)17-28)22-9-5-8-21(15-22)23-16-25-27-26-23/h4-9,14-16,19H,10-13,17H2,1-3H3,(H,25,26,27). The molecule has 1 saturated heterocycles. The Morgan fingerprint density at radius 3 is 2.79 bits per heavy atom. The van der Waals surface area contributed by atoms with Gasteiger partial charge in [0.15, 0.2) is 0 Å². The van der Waals surface area contributed by atoms with E-state index < -0.39 is 0 Å². The smallest absolute Gasteiger partial charge is 0.112 e. The average molecular weight is 375 g/mol. The van der Waals surface area contributed by atoms with Crippen LogP contribution in [0.5, 0.6) is 0 Å². The Morgan fingerprint density at radius 2 is 2.04 bits per heavy atom. The van der Waals surface area contributed by atoms with Gasteiger partial charge in [0.25, 0.3) is 0 Å². The molecule has 0 saturated carbocycles. The van der Waals surface area contributed by atoms with Crippen LogP contribution in [0.2, 0.25) is 0 Å². The first-order valence-corrected chi connectivity index (χ1v) is 10.3. The van der Waals surface area contributed by atoms with Gasteiger partial charge < -0.3 is 4.90 Å². The third-order valence-electron chi connectivity index (χ3n) is 6.60. The van der Waals surface area contributed by atoms with Gasteiger partial charge in [0.1, 0.15) is 5.69 Å². The molecule has 3 aromatic rings. The largest absolute Gasteiger partial charge is 0.303 e. The zero-order valence-corrected chi connectivity index (χ0v) is 17.2. The zero-order valence-electron chi connectivity index (χ0n) is 17.2. The number of H-pyrrole nitrogens is 1.